The first-order valence-corrected chi connectivity index (χ1v) is 4.11. The highest BCUT2D eigenvalue weighted by Crippen LogP contribution is 2.39. The molecule has 0 bridgehead atoms. The molecule has 0 atom stereocenters. The third-order valence-electron chi connectivity index (χ3n) is 0.515. The molecule has 0 aromatic heterocycles. The number of Topliss-reactive ketones (excluding diaryl/α,β-unsaturated/α-hetero) is 1. The van der Waals surface area contributed by atoms with Crippen molar-refractivity contribution < 1.29 is 9.50 Å². The zero-order chi connectivity index (χ0) is 8.58. The van der Waals surface area contributed by atoms with Gasteiger partial charge in [-0.25, -0.2) is 0 Å². The Morgan fingerprint density at radius 1 is 0.818 bits per heavy atom. The largest absolute Gasteiger partial charge is 0.290 e. The van der Waals surface area contributed by atoms with Crippen molar-refractivity contribution in [2.24, 2.45) is 0 Å². The first kappa shape index (κ1) is 14.8. The highest BCUT2D eigenvalue weighted by atomic mass is 35.6. The quantitative estimate of drug-likeness (QED) is 0.623. The van der Waals surface area contributed by atoms with Gasteiger partial charge >= 0.3 is 0 Å². The molecule has 0 saturated carbocycles. The number of ketones is 1. The summed E-state index contributed by atoms with van der Waals surface area (Å²) in [6, 6.07) is 0. The summed E-state index contributed by atoms with van der Waals surface area (Å²) in [5.74, 6) is -1.09. The molecule has 0 heterocycles. The Kier molecular flexibility index (Phi) is 6.13. The van der Waals surface area contributed by atoms with E-state index in [2.05, 4.69) is 0 Å². The summed E-state index contributed by atoms with van der Waals surface area (Å²) >= 11 is 30.6. The number of carbonyl (C=O) groups excluding carboxylic acids is 1. The fraction of sp³-hybridized carbons (Fsp3) is 0.667. The molecule has 0 aromatic carbocycles. The number of alkyl halides is 6. The van der Waals surface area contributed by atoms with Crippen molar-refractivity contribution in [1.82, 2.24) is 0 Å². The van der Waals surface area contributed by atoms with Crippen LogP contribution in [0.25, 0.3) is 0 Å². The standard InChI is InChI=1S/C3Cl6O.FH/c4-2(5,6)1(10)3(7,8)9;/h;1H. The van der Waals surface area contributed by atoms with E-state index in [9.17, 15) is 4.79 Å². The molecule has 0 N–H and O–H groups in total. The minimum Gasteiger partial charge on any atom is -0.290 e. The highest BCUT2D eigenvalue weighted by Gasteiger charge is 2.44. The molecule has 0 unspecified atom stereocenters. The monoisotopic (exact) mass is 282 g/mol. The summed E-state index contributed by atoms with van der Waals surface area (Å²) in [7, 11) is 0. The third-order valence-corrected chi connectivity index (χ3v) is 1.54. The smallest absolute Gasteiger partial charge is 0.253 e. The van der Waals surface area contributed by atoms with E-state index in [-0.39, 0.29) is 4.70 Å². The van der Waals surface area contributed by atoms with Crippen molar-refractivity contribution in [3.05, 3.63) is 0 Å². The van der Waals surface area contributed by atoms with Crippen LogP contribution < -0.4 is 0 Å². The highest BCUT2D eigenvalue weighted by molar-refractivity contribution is 6.86. The maximum absolute atomic E-state index is 10.7. The Bertz CT molecular complexity index is 129. The molecule has 0 fully saturated rings. The molecule has 0 aliphatic carbocycles. The Balaban J connectivity index is 0. The minimum atomic E-state index is -2.18. The first-order valence-electron chi connectivity index (χ1n) is 1.84. The lowest BCUT2D eigenvalue weighted by molar-refractivity contribution is -0.117. The number of hydrogen-bond acceptors (Lipinski definition) is 1. The lowest BCUT2D eigenvalue weighted by atomic mass is 10.5. The van der Waals surface area contributed by atoms with Crippen LogP contribution in [0.4, 0.5) is 4.70 Å². The van der Waals surface area contributed by atoms with Crippen LogP contribution in [0, 0.1) is 0 Å². The van der Waals surface area contributed by atoms with E-state index in [4.69, 9.17) is 69.6 Å². The van der Waals surface area contributed by atoms with Crippen molar-refractivity contribution in [2.75, 3.05) is 0 Å². The van der Waals surface area contributed by atoms with E-state index in [0.29, 0.717) is 0 Å². The molecule has 0 aliphatic heterocycles. The van der Waals surface area contributed by atoms with Crippen molar-refractivity contribution in [3.8, 4) is 0 Å². The summed E-state index contributed by atoms with van der Waals surface area (Å²) in [6.07, 6.45) is 0. The number of halogens is 7. The zero-order valence-corrected chi connectivity index (χ0v) is 9.12. The maximum Gasteiger partial charge on any atom is 0.253 e. The summed E-state index contributed by atoms with van der Waals surface area (Å²) in [5.41, 5.74) is 0. The second-order valence-electron chi connectivity index (χ2n) is 1.32. The molecule has 11 heavy (non-hydrogen) atoms. The molecule has 1 nitrogen and oxygen atoms in total. The van der Waals surface area contributed by atoms with Crippen LogP contribution in [0.2, 0.25) is 0 Å². The van der Waals surface area contributed by atoms with Gasteiger partial charge in [-0.3, -0.25) is 9.50 Å². The summed E-state index contributed by atoms with van der Waals surface area (Å²) in [4.78, 5) is 10.7. The van der Waals surface area contributed by atoms with Crippen LogP contribution in [-0.4, -0.2) is 13.4 Å². The van der Waals surface area contributed by atoms with Gasteiger partial charge in [0.15, 0.2) is 0 Å². The van der Waals surface area contributed by atoms with Gasteiger partial charge in [-0.15, -0.1) is 0 Å². The van der Waals surface area contributed by atoms with Gasteiger partial charge in [0, 0.05) is 0 Å². The van der Waals surface area contributed by atoms with E-state index in [1.165, 1.54) is 0 Å². The Morgan fingerprint density at radius 3 is 1.00 bits per heavy atom. The fourth-order valence-electron chi connectivity index (χ4n) is 0.161. The lowest BCUT2D eigenvalue weighted by Gasteiger charge is -2.14. The molecule has 0 aromatic rings. The van der Waals surface area contributed by atoms with Crippen LogP contribution in [0.15, 0.2) is 0 Å². The van der Waals surface area contributed by atoms with E-state index in [1.54, 1.807) is 0 Å². The van der Waals surface area contributed by atoms with Gasteiger partial charge in [-0.05, 0) is 0 Å². The second kappa shape index (κ2) is 4.54. The summed E-state index contributed by atoms with van der Waals surface area (Å²) in [6.45, 7) is 0. The summed E-state index contributed by atoms with van der Waals surface area (Å²) < 4.78 is -4.35. The molecular weight excluding hydrogens is 284 g/mol. The van der Waals surface area contributed by atoms with Crippen LogP contribution in [-0.2, 0) is 4.79 Å². The van der Waals surface area contributed by atoms with Gasteiger partial charge in [0.1, 0.15) is 0 Å². The number of rotatable bonds is 0. The van der Waals surface area contributed by atoms with Crippen molar-refractivity contribution in [1.29, 1.82) is 0 Å². The lowest BCUT2D eigenvalue weighted by Crippen LogP contribution is -2.31. The Morgan fingerprint density at radius 2 is 1.00 bits per heavy atom. The van der Waals surface area contributed by atoms with Crippen molar-refractivity contribution >= 4 is 75.4 Å². The summed E-state index contributed by atoms with van der Waals surface area (Å²) in [5, 5.41) is 0. The van der Waals surface area contributed by atoms with Crippen molar-refractivity contribution in [3.63, 3.8) is 0 Å². The number of carbonyl (C=O) groups is 1. The molecule has 0 radical (unpaired) electrons. The van der Waals surface area contributed by atoms with Gasteiger partial charge in [-0.1, -0.05) is 69.6 Å². The van der Waals surface area contributed by atoms with Crippen LogP contribution in [0.3, 0.4) is 0 Å². The van der Waals surface area contributed by atoms with Gasteiger partial charge in [-0.2, -0.15) is 0 Å². The SMILES string of the molecule is F.O=C(C(Cl)(Cl)Cl)C(Cl)(Cl)Cl. The zero-order valence-electron chi connectivity index (χ0n) is 4.58. The maximum atomic E-state index is 10.7. The molecule has 0 rings (SSSR count). The first-order chi connectivity index (χ1) is 4.15. The predicted octanol–water partition coefficient (Wildman–Crippen LogP) is 3.45. The minimum absolute atomic E-state index is 0. The molecule has 0 saturated heterocycles. The Hall–Kier alpha value is 1.34. The topological polar surface area (TPSA) is 17.1 Å². The second-order valence-corrected chi connectivity index (χ2v) is 5.89. The van der Waals surface area contributed by atoms with Crippen LogP contribution >= 0.6 is 69.6 Å². The molecule has 8 heteroatoms. The molecule has 0 amide bonds. The van der Waals surface area contributed by atoms with Gasteiger partial charge < -0.3 is 0 Å². The van der Waals surface area contributed by atoms with Gasteiger partial charge in [0.05, 0.1) is 0 Å². The average molecular weight is 285 g/mol. The molecule has 68 valence electrons. The van der Waals surface area contributed by atoms with Crippen LogP contribution in [0.5, 0.6) is 0 Å². The predicted molar refractivity (Wildman–Crippen MR) is 48.1 cm³/mol. The van der Waals surface area contributed by atoms with E-state index >= 15 is 0 Å². The van der Waals surface area contributed by atoms with E-state index < -0.39 is 13.4 Å². The molecular formula is C3HCl6FO. The average Bonchev–Trinajstić information content (AvgIpc) is 1.59. The van der Waals surface area contributed by atoms with Crippen LogP contribution in [0.1, 0.15) is 0 Å². The Labute approximate surface area is 92.2 Å². The van der Waals surface area contributed by atoms with E-state index in [1.807, 2.05) is 0 Å². The number of hydrogen-bond donors (Lipinski definition) is 0. The fourth-order valence-corrected chi connectivity index (χ4v) is 1.45. The third kappa shape index (κ3) is 5.56. The normalized spacial score (nSPS) is 12.2. The van der Waals surface area contributed by atoms with Gasteiger partial charge in [0.25, 0.3) is 7.59 Å². The molecule has 0 aliphatic rings. The molecule has 0 spiro atoms. The van der Waals surface area contributed by atoms with E-state index in [0.717, 1.165) is 0 Å². The van der Waals surface area contributed by atoms with Gasteiger partial charge in [0.2, 0.25) is 5.78 Å². The van der Waals surface area contributed by atoms with Crippen molar-refractivity contribution in [2.45, 2.75) is 7.59 Å².